The number of hydrogen-bond acceptors (Lipinski definition) is 4. The lowest BCUT2D eigenvalue weighted by atomic mass is 10.1. The molecule has 25 heavy (non-hydrogen) atoms. The second kappa shape index (κ2) is 8.84. The van der Waals surface area contributed by atoms with E-state index in [1.807, 2.05) is 0 Å². The minimum atomic E-state index is -3.56. The van der Waals surface area contributed by atoms with Gasteiger partial charge in [0.2, 0.25) is 10.0 Å². The van der Waals surface area contributed by atoms with Crippen LogP contribution in [0.15, 0.2) is 53.4 Å². The maximum absolute atomic E-state index is 12.1. The molecule has 0 radical (unpaired) electrons. The number of halogens is 1. The van der Waals surface area contributed by atoms with Crippen LogP contribution in [0.4, 0.5) is 0 Å². The molecule has 0 spiro atoms. The Morgan fingerprint density at radius 1 is 1.08 bits per heavy atom. The monoisotopic (exact) mass is 383 g/mol. The number of aliphatic carboxylic acids is 1. The Kier molecular flexibility index (Phi) is 6.81. The quantitative estimate of drug-likeness (QED) is 0.649. The number of sulfonamides is 1. The molecule has 6 nitrogen and oxygen atoms in total. The number of carboxylic acid groups (broad SMARTS) is 1. The molecule has 0 bridgehead atoms. The lowest BCUT2D eigenvalue weighted by molar-refractivity contribution is -0.136. The van der Waals surface area contributed by atoms with E-state index in [1.165, 1.54) is 24.3 Å². The standard InChI is InChI=1S/C17H18ClNO5S/c18-14-4-8-16(9-5-14)25(22,23)19-10-1-11-24-15-6-2-13(3-7-15)12-17(20)21/h2-9,19H,1,10-12H2,(H,20,21). The van der Waals surface area contributed by atoms with Gasteiger partial charge in [0.15, 0.2) is 0 Å². The zero-order valence-corrected chi connectivity index (χ0v) is 14.9. The molecule has 0 aliphatic carbocycles. The minimum absolute atomic E-state index is 0.0350. The Morgan fingerprint density at radius 2 is 1.72 bits per heavy atom. The van der Waals surface area contributed by atoms with Gasteiger partial charge >= 0.3 is 5.97 Å². The first-order valence-electron chi connectivity index (χ1n) is 7.55. The Labute approximate surface area is 151 Å². The molecule has 8 heteroatoms. The average Bonchev–Trinajstić information content (AvgIpc) is 2.56. The number of rotatable bonds is 9. The third-order valence-electron chi connectivity index (χ3n) is 3.28. The van der Waals surface area contributed by atoms with Crippen molar-refractivity contribution in [1.29, 1.82) is 0 Å². The molecule has 0 fully saturated rings. The molecule has 0 saturated carbocycles. The van der Waals surface area contributed by atoms with Crippen LogP contribution in [0.5, 0.6) is 5.75 Å². The maximum Gasteiger partial charge on any atom is 0.307 e. The summed E-state index contributed by atoms with van der Waals surface area (Å²) in [5, 5.41) is 9.18. The van der Waals surface area contributed by atoms with Crippen LogP contribution in [-0.4, -0.2) is 32.6 Å². The number of benzene rings is 2. The third-order valence-corrected chi connectivity index (χ3v) is 5.01. The van der Waals surface area contributed by atoms with E-state index >= 15 is 0 Å². The molecule has 134 valence electrons. The number of nitrogens with one attached hydrogen (secondary N) is 1. The fourth-order valence-corrected chi connectivity index (χ4v) is 3.24. The molecule has 0 saturated heterocycles. The van der Waals surface area contributed by atoms with Crippen LogP contribution in [0.25, 0.3) is 0 Å². The molecule has 0 heterocycles. The summed E-state index contributed by atoms with van der Waals surface area (Å²) in [5.41, 5.74) is 0.690. The number of carboxylic acids is 1. The summed E-state index contributed by atoms with van der Waals surface area (Å²) < 4.78 is 32.1. The summed E-state index contributed by atoms with van der Waals surface area (Å²) in [6.45, 7) is 0.573. The zero-order chi connectivity index (χ0) is 18.3. The van der Waals surface area contributed by atoms with E-state index in [0.29, 0.717) is 29.4 Å². The molecule has 2 aromatic rings. The smallest absolute Gasteiger partial charge is 0.307 e. The number of hydrogen-bond donors (Lipinski definition) is 2. The van der Waals surface area contributed by atoms with Crippen molar-refractivity contribution in [1.82, 2.24) is 4.72 Å². The fourth-order valence-electron chi connectivity index (χ4n) is 2.04. The van der Waals surface area contributed by atoms with Gasteiger partial charge in [-0.15, -0.1) is 0 Å². The minimum Gasteiger partial charge on any atom is -0.494 e. The fraction of sp³-hybridized carbons (Fsp3) is 0.235. The zero-order valence-electron chi connectivity index (χ0n) is 13.3. The summed E-state index contributed by atoms with van der Waals surface area (Å²) >= 11 is 5.74. The summed E-state index contributed by atoms with van der Waals surface area (Å²) in [7, 11) is -3.56. The van der Waals surface area contributed by atoms with Gasteiger partial charge in [-0.1, -0.05) is 23.7 Å². The highest BCUT2D eigenvalue weighted by molar-refractivity contribution is 7.89. The van der Waals surface area contributed by atoms with Crippen LogP contribution in [-0.2, 0) is 21.2 Å². The van der Waals surface area contributed by atoms with Crippen molar-refractivity contribution in [2.45, 2.75) is 17.7 Å². The van der Waals surface area contributed by atoms with Crippen LogP contribution < -0.4 is 9.46 Å². The Balaban J connectivity index is 1.74. The summed E-state index contributed by atoms with van der Waals surface area (Å²) in [5.74, 6) is -0.281. The van der Waals surface area contributed by atoms with Gasteiger partial charge in [0.25, 0.3) is 0 Å². The van der Waals surface area contributed by atoms with E-state index in [9.17, 15) is 13.2 Å². The van der Waals surface area contributed by atoms with Crippen molar-refractivity contribution in [3.63, 3.8) is 0 Å². The van der Waals surface area contributed by atoms with E-state index < -0.39 is 16.0 Å². The van der Waals surface area contributed by atoms with Crippen LogP contribution in [0.1, 0.15) is 12.0 Å². The van der Waals surface area contributed by atoms with Crippen LogP contribution in [0.3, 0.4) is 0 Å². The van der Waals surface area contributed by atoms with Gasteiger partial charge in [0, 0.05) is 11.6 Å². The predicted molar refractivity (Wildman–Crippen MR) is 94.5 cm³/mol. The van der Waals surface area contributed by atoms with Crippen LogP contribution >= 0.6 is 11.6 Å². The van der Waals surface area contributed by atoms with Crippen molar-refractivity contribution in [2.24, 2.45) is 0 Å². The lowest BCUT2D eigenvalue weighted by Gasteiger charge is -2.09. The van der Waals surface area contributed by atoms with E-state index in [0.717, 1.165) is 0 Å². The van der Waals surface area contributed by atoms with Gasteiger partial charge in [0.05, 0.1) is 17.9 Å². The summed E-state index contributed by atoms with van der Waals surface area (Å²) in [6, 6.07) is 12.7. The van der Waals surface area contributed by atoms with E-state index in [-0.39, 0.29) is 17.9 Å². The number of carbonyl (C=O) groups is 1. The molecule has 0 unspecified atom stereocenters. The Hall–Kier alpha value is -2.09. The second-order valence-corrected chi connectivity index (χ2v) is 7.47. The van der Waals surface area contributed by atoms with E-state index in [4.69, 9.17) is 21.4 Å². The first kappa shape index (κ1) is 19.2. The molecule has 0 aliphatic heterocycles. The topological polar surface area (TPSA) is 92.7 Å². The first-order valence-corrected chi connectivity index (χ1v) is 9.42. The molecule has 2 rings (SSSR count). The van der Waals surface area contributed by atoms with Crippen molar-refractivity contribution < 1.29 is 23.1 Å². The lowest BCUT2D eigenvalue weighted by Crippen LogP contribution is -2.25. The van der Waals surface area contributed by atoms with Crippen molar-refractivity contribution in [3.8, 4) is 5.75 Å². The van der Waals surface area contributed by atoms with Gasteiger partial charge in [-0.05, 0) is 48.4 Å². The largest absolute Gasteiger partial charge is 0.494 e. The maximum atomic E-state index is 12.1. The summed E-state index contributed by atoms with van der Waals surface area (Å²) in [4.78, 5) is 10.8. The highest BCUT2D eigenvalue weighted by Gasteiger charge is 2.12. The van der Waals surface area contributed by atoms with Crippen molar-refractivity contribution in [3.05, 3.63) is 59.1 Å². The molecule has 2 N–H and O–H groups in total. The average molecular weight is 384 g/mol. The Bertz CT molecular complexity index is 804. The molecular formula is C17H18ClNO5S. The Morgan fingerprint density at radius 3 is 2.32 bits per heavy atom. The number of ether oxygens (including phenoxy) is 1. The van der Waals surface area contributed by atoms with Gasteiger partial charge in [-0.3, -0.25) is 4.79 Å². The molecule has 0 atom stereocenters. The van der Waals surface area contributed by atoms with Crippen LogP contribution in [0.2, 0.25) is 5.02 Å². The normalized spacial score (nSPS) is 11.2. The molecule has 2 aromatic carbocycles. The highest BCUT2D eigenvalue weighted by Crippen LogP contribution is 2.14. The summed E-state index contributed by atoms with van der Waals surface area (Å²) in [6.07, 6.45) is 0.455. The molecule has 0 amide bonds. The highest BCUT2D eigenvalue weighted by atomic mass is 35.5. The predicted octanol–water partition coefficient (Wildman–Crippen LogP) is 2.71. The van der Waals surface area contributed by atoms with Gasteiger partial charge in [-0.25, -0.2) is 13.1 Å². The third kappa shape index (κ3) is 6.38. The molecular weight excluding hydrogens is 366 g/mol. The van der Waals surface area contributed by atoms with Gasteiger partial charge in [-0.2, -0.15) is 0 Å². The molecule has 0 aliphatic rings. The van der Waals surface area contributed by atoms with Crippen molar-refractivity contribution in [2.75, 3.05) is 13.2 Å². The van der Waals surface area contributed by atoms with Crippen LogP contribution in [0, 0.1) is 0 Å². The van der Waals surface area contributed by atoms with Crippen molar-refractivity contribution >= 4 is 27.6 Å². The first-order chi connectivity index (χ1) is 11.9. The SMILES string of the molecule is O=C(O)Cc1ccc(OCCCNS(=O)(=O)c2ccc(Cl)cc2)cc1. The molecule has 0 aromatic heterocycles. The van der Waals surface area contributed by atoms with Gasteiger partial charge in [0.1, 0.15) is 5.75 Å². The van der Waals surface area contributed by atoms with E-state index in [2.05, 4.69) is 4.72 Å². The second-order valence-electron chi connectivity index (χ2n) is 5.27. The van der Waals surface area contributed by atoms with E-state index in [1.54, 1.807) is 24.3 Å². The van der Waals surface area contributed by atoms with Gasteiger partial charge < -0.3 is 9.84 Å².